The fourth-order valence-corrected chi connectivity index (χ4v) is 2.00. The highest BCUT2D eigenvalue weighted by molar-refractivity contribution is 9.11. The maximum Gasteiger partial charge on any atom is 0.138 e. The average molecular weight is 229 g/mol. The first-order chi connectivity index (χ1) is 5.36. The number of hydrogen-bond donors (Lipinski definition) is 1. The maximum atomic E-state index is 4.13. The van der Waals surface area contributed by atoms with E-state index in [-0.39, 0.29) is 0 Å². The Hall–Kier alpha value is -0.610. The number of aromatic amines is 1. The van der Waals surface area contributed by atoms with E-state index in [1.165, 1.54) is 0 Å². The van der Waals surface area contributed by atoms with Gasteiger partial charge in [-0.25, -0.2) is 4.98 Å². The summed E-state index contributed by atoms with van der Waals surface area (Å²) in [5.74, 6) is 0.923. The molecule has 0 bridgehead atoms. The Balaban J connectivity index is 2.45. The van der Waals surface area contributed by atoms with Crippen LogP contribution in [0.5, 0.6) is 0 Å². The van der Waals surface area contributed by atoms with Gasteiger partial charge in [0.15, 0.2) is 0 Å². The van der Waals surface area contributed by atoms with E-state index in [1.807, 2.05) is 12.3 Å². The van der Waals surface area contributed by atoms with Crippen LogP contribution in [0.25, 0.3) is 11.4 Å². The molecular formula is C7H5BrN2S. The second kappa shape index (κ2) is 2.79. The van der Waals surface area contributed by atoms with Crippen LogP contribution < -0.4 is 0 Å². The minimum Gasteiger partial charge on any atom is -0.345 e. The number of hydrogen-bond acceptors (Lipinski definition) is 2. The first-order valence-corrected chi connectivity index (χ1v) is 4.77. The van der Waals surface area contributed by atoms with E-state index in [2.05, 4.69) is 31.3 Å². The average Bonchev–Trinajstić information content (AvgIpc) is 2.55. The fourth-order valence-electron chi connectivity index (χ4n) is 0.857. The van der Waals surface area contributed by atoms with Crippen LogP contribution in [0, 0.1) is 0 Å². The van der Waals surface area contributed by atoms with Crippen LogP contribution in [0.3, 0.4) is 0 Å². The number of nitrogens with one attached hydrogen (secondary N) is 1. The molecule has 0 aliphatic rings. The lowest BCUT2D eigenvalue weighted by Gasteiger charge is -1.85. The monoisotopic (exact) mass is 228 g/mol. The van der Waals surface area contributed by atoms with E-state index >= 15 is 0 Å². The molecule has 0 unspecified atom stereocenters. The van der Waals surface area contributed by atoms with Gasteiger partial charge < -0.3 is 4.98 Å². The van der Waals surface area contributed by atoms with Crippen molar-refractivity contribution in [3.63, 3.8) is 0 Å². The zero-order valence-corrected chi connectivity index (χ0v) is 7.95. The Morgan fingerprint density at radius 2 is 2.45 bits per heavy atom. The van der Waals surface area contributed by atoms with Gasteiger partial charge in [0.2, 0.25) is 0 Å². The first kappa shape index (κ1) is 7.06. The molecule has 0 aliphatic heterocycles. The van der Waals surface area contributed by atoms with Crippen LogP contribution in [0.2, 0.25) is 0 Å². The van der Waals surface area contributed by atoms with Gasteiger partial charge in [-0.05, 0) is 22.0 Å². The molecule has 0 radical (unpaired) electrons. The molecule has 0 fully saturated rings. The molecule has 2 aromatic rings. The Morgan fingerprint density at radius 3 is 3.00 bits per heavy atom. The van der Waals surface area contributed by atoms with Crippen molar-refractivity contribution in [3.8, 4) is 11.4 Å². The molecule has 2 rings (SSSR count). The molecule has 11 heavy (non-hydrogen) atoms. The molecule has 0 atom stereocenters. The van der Waals surface area contributed by atoms with Gasteiger partial charge >= 0.3 is 0 Å². The number of nitrogens with zero attached hydrogens (tertiary/aromatic N) is 1. The van der Waals surface area contributed by atoms with Crippen LogP contribution >= 0.6 is 27.3 Å². The highest BCUT2D eigenvalue weighted by Crippen LogP contribution is 2.26. The van der Waals surface area contributed by atoms with E-state index in [0.717, 1.165) is 15.2 Å². The second-order valence-electron chi connectivity index (χ2n) is 2.08. The van der Waals surface area contributed by atoms with Crippen molar-refractivity contribution in [2.45, 2.75) is 0 Å². The molecule has 0 aliphatic carbocycles. The smallest absolute Gasteiger partial charge is 0.138 e. The van der Waals surface area contributed by atoms with Gasteiger partial charge in [-0.2, -0.15) is 0 Å². The number of thiophene rings is 1. The lowest BCUT2D eigenvalue weighted by Crippen LogP contribution is -1.73. The predicted octanol–water partition coefficient (Wildman–Crippen LogP) is 2.90. The molecule has 2 nitrogen and oxygen atoms in total. The zero-order valence-electron chi connectivity index (χ0n) is 5.54. The van der Waals surface area contributed by atoms with Crippen LogP contribution in [0.15, 0.2) is 27.6 Å². The third-order valence-corrected chi connectivity index (χ3v) is 2.84. The van der Waals surface area contributed by atoms with Crippen molar-refractivity contribution in [2.24, 2.45) is 0 Å². The van der Waals surface area contributed by atoms with Crippen molar-refractivity contribution in [2.75, 3.05) is 0 Å². The van der Waals surface area contributed by atoms with Crippen molar-refractivity contribution < 1.29 is 0 Å². The van der Waals surface area contributed by atoms with Crippen molar-refractivity contribution >= 4 is 27.3 Å². The van der Waals surface area contributed by atoms with Gasteiger partial charge in [0.1, 0.15) is 5.82 Å². The molecule has 0 saturated heterocycles. The second-order valence-corrected chi connectivity index (χ2v) is 4.37. The number of rotatable bonds is 1. The van der Waals surface area contributed by atoms with Crippen LogP contribution in [0.1, 0.15) is 0 Å². The summed E-state index contributed by atoms with van der Waals surface area (Å²) >= 11 is 5.05. The minimum atomic E-state index is 0.923. The summed E-state index contributed by atoms with van der Waals surface area (Å²) in [6.45, 7) is 0. The predicted molar refractivity (Wildman–Crippen MR) is 49.6 cm³/mol. The third-order valence-electron chi connectivity index (χ3n) is 1.34. The third kappa shape index (κ3) is 1.36. The lowest BCUT2D eigenvalue weighted by molar-refractivity contribution is 1.32. The number of imidazole rings is 1. The molecule has 0 saturated carbocycles. The summed E-state index contributed by atoms with van der Waals surface area (Å²) in [6.07, 6.45) is 3.57. The summed E-state index contributed by atoms with van der Waals surface area (Å²) in [7, 11) is 0. The Bertz CT molecular complexity index is 339. The quantitative estimate of drug-likeness (QED) is 0.800. The highest BCUT2D eigenvalue weighted by atomic mass is 79.9. The Morgan fingerprint density at radius 1 is 1.55 bits per heavy atom. The molecule has 1 N–H and O–H groups in total. The van der Waals surface area contributed by atoms with Gasteiger partial charge in [-0.15, -0.1) is 11.3 Å². The van der Waals surface area contributed by atoms with E-state index in [0.29, 0.717) is 0 Å². The van der Waals surface area contributed by atoms with E-state index < -0.39 is 0 Å². The van der Waals surface area contributed by atoms with Crippen LogP contribution in [-0.2, 0) is 0 Å². The Kier molecular flexibility index (Phi) is 1.79. The topological polar surface area (TPSA) is 28.7 Å². The molecule has 0 spiro atoms. The molecule has 2 aromatic heterocycles. The summed E-state index contributed by atoms with van der Waals surface area (Å²) in [5.41, 5.74) is 1.13. The SMILES string of the molecule is Brc1cc(-c2ncc[nH]2)cs1. The summed E-state index contributed by atoms with van der Waals surface area (Å²) in [6, 6.07) is 2.05. The molecule has 4 heteroatoms. The largest absolute Gasteiger partial charge is 0.345 e. The van der Waals surface area contributed by atoms with Gasteiger partial charge in [0.05, 0.1) is 3.79 Å². The first-order valence-electron chi connectivity index (χ1n) is 3.10. The van der Waals surface area contributed by atoms with Gasteiger partial charge in [0, 0.05) is 23.3 Å². The van der Waals surface area contributed by atoms with Crippen LogP contribution in [0.4, 0.5) is 0 Å². The van der Waals surface area contributed by atoms with Crippen LogP contribution in [-0.4, -0.2) is 9.97 Å². The van der Waals surface area contributed by atoms with Crippen molar-refractivity contribution in [3.05, 3.63) is 27.6 Å². The lowest BCUT2D eigenvalue weighted by atomic mass is 10.3. The van der Waals surface area contributed by atoms with Crippen molar-refractivity contribution in [1.29, 1.82) is 0 Å². The molecule has 0 aromatic carbocycles. The summed E-state index contributed by atoms with van der Waals surface area (Å²) in [5, 5.41) is 2.06. The standard InChI is InChI=1S/C7H5BrN2S/c8-6-3-5(4-11-6)7-9-1-2-10-7/h1-4H,(H,9,10). The minimum absolute atomic E-state index is 0.923. The number of halogens is 1. The van der Waals surface area contributed by atoms with Gasteiger partial charge in [0.25, 0.3) is 0 Å². The highest BCUT2D eigenvalue weighted by Gasteiger charge is 2.00. The Labute approximate surface area is 76.4 Å². The maximum absolute atomic E-state index is 4.13. The van der Waals surface area contributed by atoms with E-state index in [9.17, 15) is 0 Å². The zero-order chi connectivity index (χ0) is 7.68. The molecular weight excluding hydrogens is 224 g/mol. The molecule has 0 amide bonds. The van der Waals surface area contributed by atoms with E-state index in [4.69, 9.17) is 0 Å². The molecule has 2 heterocycles. The van der Waals surface area contributed by atoms with Crippen molar-refractivity contribution in [1.82, 2.24) is 9.97 Å². The number of H-pyrrole nitrogens is 1. The summed E-state index contributed by atoms with van der Waals surface area (Å²) < 4.78 is 1.13. The number of aromatic nitrogens is 2. The molecule has 56 valence electrons. The van der Waals surface area contributed by atoms with Gasteiger partial charge in [-0.3, -0.25) is 0 Å². The van der Waals surface area contributed by atoms with E-state index in [1.54, 1.807) is 17.5 Å². The summed E-state index contributed by atoms with van der Waals surface area (Å²) in [4.78, 5) is 7.17. The fraction of sp³-hybridized carbons (Fsp3) is 0. The normalized spacial score (nSPS) is 10.3. The van der Waals surface area contributed by atoms with Gasteiger partial charge in [-0.1, -0.05) is 0 Å².